The lowest BCUT2D eigenvalue weighted by molar-refractivity contribution is 0.0947. The van der Waals surface area contributed by atoms with Gasteiger partial charge in [0.1, 0.15) is 0 Å². The first-order valence-corrected chi connectivity index (χ1v) is 9.69. The Labute approximate surface area is 156 Å². The van der Waals surface area contributed by atoms with Crippen molar-refractivity contribution in [3.05, 3.63) is 70.4 Å². The SMILES string of the molecule is O=C(NCCC1CN(Cc2ccccn2)Cc2ccnn21)c1ccsc1. The van der Waals surface area contributed by atoms with Gasteiger partial charge >= 0.3 is 0 Å². The molecule has 0 aliphatic carbocycles. The van der Waals surface area contributed by atoms with Gasteiger partial charge in [-0.25, -0.2) is 0 Å². The van der Waals surface area contributed by atoms with Crippen molar-refractivity contribution in [3.63, 3.8) is 0 Å². The van der Waals surface area contributed by atoms with E-state index in [1.165, 1.54) is 17.0 Å². The van der Waals surface area contributed by atoms with E-state index in [0.717, 1.165) is 37.3 Å². The zero-order valence-electron chi connectivity index (χ0n) is 14.4. The molecule has 0 saturated heterocycles. The summed E-state index contributed by atoms with van der Waals surface area (Å²) < 4.78 is 2.10. The van der Waals surface area contributed by atoms with Gasteiger partial charge in [-0.05, 0) is 36.1 Å². The van der Waals surface area contributed by atoms with Gasteiger partial charge in [0.05, 0.1) is 17.4 Å². The van der Waals surface area contributed by atoms with Crippen LogP contribution in [0.1, 0.15) is 34.2 Å². The Bertz CT molecular complexity index is 846. The second-order valence-electron chi connectivity index (χ2n) is 6.47. The lowest BCUT2D eigenvalue weighted by Gasteiger charge is -2.33. The number of rotatable bonds is 6. The van der Waals surface area contributed by atoms with Crippen molar-refractivity contribution < 1.29 is 4.79 Å². The normalized spacial score (nSPS) is 17.0. The summed E-state index contributed by atoms with van der Waals surface area (Å²) in [5.74, 6) is -0.00640. The predicted molar refractivity (Wildman–Crippen MR) is 101 cm³/mol. The molecular formula is C19H21N5OS. The number of nitrogens with one attached hydrogen (secondary N) is 1. The van der Waals surface area contributed by atoms with Crippen LogP contribution in [0.5, 0.6) is 0 Å². The molecule has 4 rings (SSSR count). The van der Waals surface area contributed by atoms with Gasteiger partial charge in [0, 0.05) is 49.5 Å². The molecule has 1 aliphatic heterocycles. The number of amides is 1. The van der Waals surface area contributed by atoms with Crippen molar-refractivity contribution in [1.29, 1.82) is 0 Å². The molecule has 0 bridgehead atoms. The van der Waals surface area contributed by atoms with Gasteiger partial charge in [-0.1, -0.05) is 6.07 Å². The van der Waals surface area contributed by atoms with Gasteiger partial charge in [0.2, 0.25) is 0 Å². The lowest BCUT2D eigenvalue weighted by atomic mass is 10.1. The molecule has 1 N–H and O–H groups in total. The summed E-state index contributed by atoms with van der Waals surface area (Å²) in [4.78, 5) is 18.9. The van der Waals surface area contributed by atoms with Crippen LogP contribution in [0.15, 0.2) is 53.5 Å². The molecule has 1 unspecified atom stereocenters. The molecule has 3 aromatic rings. The van der Waals surface area contributed by atoms with Crippen LogP contribution < -0.4 is 5.32 Å². The fourth-order valence-corrected chi connectivity index (χ4v) is 4.00. The van der Waals surface area contributed by atoms with Crippen LogP contribution in [0.25, 0.3) is 0 Å². The van der Waals surface area contributed by atoms with Crippen molar-refractivity contribution in [2.45, 2.75) is 25.6 Å². The highest BCUT2D eigenvalue weighted by molar-refractivity contribution is 7.08. The molecule has 3 aromatic heterocycles. The average Bonchev–Trinajstić information content (AvgIpc) is 3.34. The third-order valence-corrected chi connectivity index (χ3v) is 5.29. The number of pyridine rings is 1. The maximum Gasteiger partial charge on any atom is 0.252 e. The molecule has 1 atom stereocenters. The van der Waals surface area contributed by atoms with E-state index in [1.54, 1.807) is 0 Å². The standard InChI is InChI=1S/C19H21N5OS/c25-19(15-6-10-26-14-15)21-8-4-17-12-23(11-16-3-1-2-7-20-16)13-18-5-9-22-24(17)18/h1-3,5-7,9-10,14,17H,4,8,11-13H2,(H,21,25). The molecular weight excluding hydrogens is 346 g/mol. The van der Waals surface area contributed by atoms with Crippen LogP contribution in [-0.4, -0.2) is 38.7 Å². The van der Waals surface area contributed by atoms with Crippen molar-refractivity contribution in [1.82, 2.24) is 25.0 Å². The fraction of sp³-hybridized carbons (Fsp3) is 0.316. The molecule has 0 aromatic carbocycles. The zero-order valence-corrected chi connectivity index (χ0v) is 15.2. The van der Waals surface area contributed by atoms with Gasteiger partial charge in [-0.2, -0.15) is 16.4 Å². The summed E-state index contributed by atoms with van der Waals surface area (Å²) in [6, 6.07) is 10.2. The molecule has 4 heterocycles. The third kappa shape index (κ3) is 3.84. The number of carbonyl (C=O) groups is 1. The van der Waals surface area contributed by atoms with Crippen LogP contribution in [0.3, 0.4) is 0 Å². The molecule has 1 amide bonds. The molecule has 134 valence electrons. The highest BCUT2D eigenvalue weighted by Crippen LogP contribution is 2.23. The van der Waals surface area contributed by atoms with Crippen LogP contribution in [0.2, 0.25) is 0 Å². The van der Waals surface area contributed by atoms with Crippen molar-refractivity contribution in [3.8, 4) is 0 Å². The number of nitrogens with zero attached hydrogens (tertiary/aromatic N) is 4. The Morgan fingerprint density at radius 2 is 2.23 bits per heavy atom. The van der Waals surface area contributed by atoms with Gasteiger partial charge in [0.25, 0.3) is 5.91 Å². The zero-order chi connectivity index (χ0) is 17.8. The number of hydrogen-bond acceptors (Lipinski definition) is 5. The van der Waals surface area contributed by atoms with E-state index >= 15 is 0 Å². The molecule has 7 heteroatoms. The van der Waals surface area contributed by atoms with Gasteiger partial charge in [0.15, 0.2) is 0 Å². The highest BCUT2D eigenvalue weighted by atomic mass is 32.1. The number of fused-ring (bicyclic) bond motifs is 1. The minimum absolute atomic E-state index is 0.00640. The molecule has 0 fully saturated rings. The fourth-order valence-electron chi connectivity index (χ4n) is 3.37. The second-order valence-corrected chi connectivity index (χ2v) is 7.25. The minimum atomic E-state index is -0.00640. The smallest absolute Gasteiger partial charge is 0.252 e. The first kappa shape index (κ1) is 16.9. The summed E-state index contributed by atoms with van der Waals surface area (Å²) in [6.07, 6.45) is 4.54. The third-order valence-electron chi connectivity index (χ3n) is 4.61. The van der Waals surface area contributed by atoms with Crippen LogP contribution >= 0.6 is 11.3 Å². The Hall–Kier alpha value is -2.51. The van der Waals surface area contributed by atoms with Crippen molar-refractivity contribution >= 4 is 17.2 Å². The molecule has 1 aliphatic rings. The largest absolute Gasteiger partial charge is 0.352 e. The maximum atomic E-state index is 12.1. The Morgan fingerprint density at radius 1 is 1.27 bits per heavy atom. The Kier molecular flexibility index (Phi) is 5.08. The second kappa shape index (κ2) is 7.80. The van der Waals surface area contributed by atoms with E-state index in [0.29, 0.717) is 6.54 Å². The van der Waals surface area contributed by atoms with E-state index in [2.05, 4.69) is 37.1 Å². The molecule has 6 nitrogen and oxygen atoms in total. The van der Waals surface area contributed by atoms with Crippen LogP contribution in [0, 0.1) is 0 Å². The van der Waals surface area contributed by atoms with E-state index in [9.17, 15) is 4.79 Å². The number of hydrogen-bond donors (Lipinski definition) is 1. The summed E-state index contributed by atoms with van der Waals surface area (Å²) >= 11 is 1.53. The van der Waals surface area contributed by atoms with Crippen molar-refractivity contribution in [2.24, 2.45) is 0 Å². The summed E-state index contributed by atoms with van der Waals surface area (Å²) in [5.41, 5.74) is 3.02. The Morgan fingerprint density at radius 3 is 3.04 bits per heavy atom. The van der Waals surface area contributed by atoms with Gasteiger partial charge in [-0.15, -0.1) is 0 Å². The lowest BCUT2D eigenvalue weighted by Crippen LogP contribution is -2.39. The first-order valence-electron chi connectivity index (χ1n) is 8.74. The van der Waals surface area contributed by atoms with Gasteiger partial charge in [-0.3, -0.25) is 19.4 Å². The highest BCUT2D eigenvalue weighted by Gasteiger charge is 2.25. The molecule has 0 saturated carbocycles. The summed E-state index contributed by atoms with van der Waals surface area (Å²) in [7, 11) is 0. The number of aromatic nitrogens is 3. The van der Waals surface area contributed by atoms with Crippen LogP contribution in [-0.2, 0) is 13.1 Å². The first-order chi connectivity index (χ1) is 12.8. The molecule has 26 heavy (non-hydrogen) atoms. The van der Waals surface area contributed by atoms with E-state index in [4.69, 9.17) is 0 Å². The topological polar surface area (TPSA) is 63.1 Å². The van der Waals surface area contributed by atoms with E-state index in [-0.39, 0.29) is 11.9 Å². The monoisotopic (exact) mass is 367 g/mol. The van der Waals surface area contributed by atoms with Crippen molar-refractivity contribution in [2.75, 3.05) is 13.1 Å². The average molecular weight is 367 g/mol. The minimum Gasteiger partial charge on any atom is -0.352 e. The Balaban J connectivity index is 1.38. The van der Waals surface area contributed by atoms with Crippen LogP contribution in [0.4, 0.5) is 0 Å². The number of thiophene rings is 1. The quantitative estimate of drug-likeness (QED) is 0.728. The molecule has 0 radical (unpaired) electrons. The van der Waals surface area contributed by atoms with Gasteiger partial charge < -0.3 is 5.32 Å². The summed E-state index contributed by atoms with van der Waals surface area (Å²) in [5, 5.41) is 11.3. The number of carbonyl (C=O) groups excluding carboxylic acids is 1. The van der Waals surface area contributed by atoms with E-state index in [1.807, 2.05) is 41.4 Å². The molecule has 0 spiro atoms. The predicted octanol–water partition coefficient (Wildman–Crippen LogP) is 2.72. The summed E-state index contributed by atoms with van der Waals surface area (Å²) in [6.45, 7) is 3.23. The maximum absolute atomic E-state index is 12.1. The van der Waals surface area contributed by atoms with E-state index < -0.39 is 0 Å².